The minimum absolute atomic E-state index is 0.00995. The van der Waals surface area contributed by atoms with Crippen molar-refractivity contribution in [3.63, 3.8) is 0 Å². The molecular weight excluding hydrogens is 643 g/mol. The first-order valence-corrected chi connectivity index (χ1v) is 17.1. The van der Waals surface area contributed by atoms with Crippen molar-refractivity contribution in [2.24, 2.45) is 0 Å². The predicted octanol–water partition coefficient (Wildman–Crippen LogP) is 3.73. The van der Waals surface area contributed by atoms with Gasteiger partial charge < -0.3 is 25.0 Å². The molecule has 4 aromatic rings. The van der Waals surface area contributed by atoms with E-state index in [9.17, 15) is 33.5 Å². The Morgan fingerprint density at radius 3 is 2.44 bits per heavy atom. The minimum Gasteiger partial charge on any atom is -0.404 e. The molecule has 0 spiro atoms. The summed E-state index contributed by atoms with van der Waals surface area (Å²) >= 11 is 0. The second kappa shape index (κ2) is 14.5. The number of nitrogens with zero attached hydrogens (tertiary/aromatic N) is 4. The zero-order valence-electron chi connectivity index (χ0n) is 26.6. The number of imide groups is 1. The summed E-state index contributed by atoms with van der Waals surface area (Å²) in [5.41, 5.74) is 10.6. The van der Waals surface area contributed by atoms with Gasteiger partial charge in [0.2, 0.25) is 5.91 Å². The van der Waals surface area contributed by atoms with Gasteiger partial charge in [-0.2, -0.15) is 0 Å². The maximum Gasteiger partial charge on any atom is 0.524 e. The summed E-state index contributed by atoms with van der Waals surface area (Å²) in [6, 6.07) is 10.7. The third kappa shape index (κ3) is 8.16. The molecule has 1 saturated heterocycles. The number of carbonyl (C=O) groups excluding carboxylic acids is 4. The maximum absolute atomic E-state index is 12.5. The van der Waals surface area contributed by atoms with Crippen LogP contribution in [0.15, 0.2) is 36.4 Å². The SMILES string of the molecule is CCCCc1nc2c(N)nc3cc(CNC(=O)CCCC(=O)ON4C(=O)CCC4=O)ccc3c2n1Cc1ccc(OP(=O)(O)O)c(C)c1. The third-order valence-electron chi connectivity index (χ3n) is 7.87. The number of hydrogen-bond donors (Lipinski definition) is 4. The molecule has 254 valence electrons. The number of nitrogens with one attached hydrogen (secondary N) is 1. The molecule has 0 unspecified atom stereocenters. The molecule has 15 nitrogen and oxygen atoms in total. The van der Waals surface area contributed by atoms with Crippen LogP contribution in [0.2, 0.25) is 0 Å². The number of benzene rings is 2. The Kier molecular flexibility index (Phi) is 10.4. The molecule has 3 amide bonds. The number of phosphoric ester groups is 1. The van der Waals surface area contributed by atoms with E-state index in [1.807, 2.05) is 24.3 Å². The normalized spacial score (nSPS) is 13.5. The van der Waals surface area contributed by atoms with E-state index >= 15 is 0 Å². The van der Waals surface area contributed by atoms with Crippen LogP contribution in [0.5, 0.6) is 5.75 Å². The molecule has 16 heteroatoms. The van der Waals surface area contributed by atoms with Gasteiger partial charge in [-0.3, -0.25) is 24.2 Å². The van der Waals surface area contributed by atoms with Crippen LogP contribution in [0.1, 0.15) is 74.4 Å². The van der Waals surface area contributed by atoms with Gasteiger partial charge in [0.1, 0.15) is 17.1 Å². The number of unbranched alkanes of at least 4 members (excludes halogenated alkanes) is 1. The second-order valence-corrected chi connectivity index (χ2v) is 12.8. The van der Waals surface area contributed by atoms with E-state index in [0.29, 0.717) is 34.6 Å². The summed E-state index contributed by atoms with van der Waals surface area (Å²) < 4.78 is 18.2. The first kappa shape index (κ1) is 34.5. The molecule has 5 rings (SSSR count). The number of aromatic nitrogens is 3. The van der Waals surface area contributed by atoms with Crippen LogP contribution >= 0.6 is 7.82 Å². The van der Waals surface area contributed by atoms with Gasteiger partial charge in [-0.1, -0.05) is 37.6 Å². The van der Waals surface area contributed by atoms with Crippen molar-refractivity contribution >= 4 is 59.3 Å². The Morgan fingerprint density at radius 2 is 1.75 bits per heavy atom. The van der Waals surface area contributed by atoms with Gasteiger partial charge in [0, 0.05) is 50.6 Å². The van der Waals surface area contributed by atoms with Crippen molar-refractivity contribution < 1.29 is 42.9 Å². The molecule has 1 aliphatic heterocycles. The van der Waals surface area contributed by atoms with Crippen molar-refractivity contribution in [2.45, 2.75) is 78.3 Å². The summed E-state index contributed by atoms with van der Waals surface area (Å²) in [6.07, 6.45) is 2.70. The number of hydrogen-bond acceptors (Lipinski definition) is 10. The van der Waals surface area contributed by atoms with Gasteiger partial charge in [-0.25, -0.2) is 19.3 Å². The van der Waals surface area contributed by atoms with E-state index in [4.69, 9.17) is 20.1 Å². The molecule has 1 fully saturated rings. The largest absolute Gasteiger partial charge is 0.524 e. The lowest BCUT2D eigenvalue weighted by atomic mass is 10.1. The van der Waals surface area contributed by atoms with Gasteiger partial charge in [-0.15, -0.1) is 5.06 Å². The molecule has 0 bridgehead atoms. The number of rotatable bonds is 14. The highest BCUT2D eigenvalue weighted by molar-refractivity contribution is 7.46. The average Bonchev–Trinajstić information content (AvgIpc) is 3.54. The predicted molar refractivity (Wildman–Crippen MR) is 174 cm³/mol. The number of nitrogen functional groups attached to an aromatic ring is 1. The number of anilines is 1. The number of amides is 3. The maximum atomic E-state index is 12.5. The van der Waals surface area contributed by atoms with Crippen LogP contribution in [0, 0.1) is 6.92 Å². The molecule has 2 aromatic heterocycles. The Morgan fingerprint density at radius 1 is 1.02 bits per heavy atom. The lowest BCUT2D eigenvalue weighted by Gasteiger charge is -2.14. The lowest BCUT2D eigenvalue weighted by molar-refractivity contribution is -0.197. The fourth-order valence-electron chi connectivity index (χ4n) is 5.52. The Balaban J connectivity index is 1.30. The van der Waals surface area contributed by atoms with E-state index in [2.05, 4.69) is 21.8 Å². The van der Waals surface area contributed by atoms with Crippen molar-refractivity contribution in [2.75, 3.05) is 5.73 Å². The van der Waals surface area contributed by atoms with Gasteiger partial charge >= 0.3 is 13.8 Å². The van der Waals surface area contributed by atoms with Crippen LogP contribution in [0.3, 0.4) is 0 Å². The fourth-order valence-corrected chi connectivity index (χ4v) is 5.98. The number of carbonyl (C=O) groups is 4. The zero-order chi connectivity index (χ0) is 34.6. The van der Waals surface area contributed by atoms with E-state index in [1.54, 1.807) is 13.0 Å². The molecular formula is C32H37N6O9P. The van der Waals surface area contributed by atoms with Crippen molar-refractivity contribution in [1.82, 2.24) is 24.9 Å². The zero-order valence-corrected chi connectivity index (χ0v) is 27.5. The summed E-state index contributed by atoms with van der Waals surface area (Å²) in [7, 11) is -4.70. The van der Waals surface area contributed by atoms with Crippen LogP contribution in [-0.2, 0) is 48.1 Å². The van der Waals surface area contributed by atoms with Gasteiger partial charge in [-0.05, 0) is 48.6 Å². The number of imidazole rings is 1. The van der Waals surface area contributed by atoms with Gasteiger partial charge in [0.15, 0.2) is 5.82 Å². The van der Waals surface area contributed by atoms with Gasteiger partial charge in [0.25, 0.3) is 11.8 Å². The Bertz CT molecular complexity index is 1940. The number of aryl methyl sites for hydroxylation is 2. The average molecular weight is 681 g/mol. The molecule has 48 heavy (non-hydrogen) atoms. The van der Waals surface area contributed by atoms with Crippen molar-refractivity contribution in [3.8, 4) is 5.75 Å². The number of pyridine rings is 1. The summed E-state index contributed by atoms with van der Waals surface area (Å²) in [5, 5.41) is 4.13. The molecule has 0 atom stereocenters. The summed E-state index contributed by atoms with van der Waals surface area (Å²) in [6.45, 7) is 4.43. The lowest BCUT2D eigenvalue weighted by Crippen LogP contribution is -2.32. The number of fused-ring (bicyclic) bond motifs is 3. The molecule has 1 aliphatic rings. The van der Waals surface area contributed by atoms with E-state index in [-0.39, 0.29) is 56.1 Å². The van der Waals surface area contributed by atoms with E-state index in [1.165, 1.54) is 6.07 Å². The monoisotopic (exact) mass is 680 g/mol. The molecule has 0 aliphatic carbocycles. The van der Waals surface area contributed by atoms with E-state index in [0.717, 1.165) is 40.7 Å². The quantitative estimate of drug-likeness (QED) is 0.111. The number of nitrogens with two attached hydrogens (primary N) is 1. The second-order valence-electron chi connectivity index (χ2n) is 11.6. The fraction of sp³-hybridized carbons (Fsp3) is 0.375. The Labute approximate surface area is 275 Å². The highest BCUT2D eigenvalue weighted by Crippen LogP contribution is 2.39. The highest BCUT2D eigenvalue weighted by atomic mass is 31.2. The number of hydroxylamine groups is 2. The minimum atomic E-state index is -4.70. The van der Waals surface area contributed by atoms with Crippen LogP contribution in [-0.4, -0.2) is 53.1 Å². The summed E-state index contributed by atoms with van der Waals surface area (Å²) in [4.78, 5) is 80.4. The molecule has 0 radical (unpaired) electrons. The van der Waals surface area contributed by atoms with Crippen molar-refractivity contribution in [1.29, 1.82) is 0 Å². The summed E-state index contributed by atoms with van der Waals surface area (Å²) in [5.74, 6) is -0.959. The first-order valence-electron chi connectivity index (χ1n) is 15.6. The Hall–Kier alpha value is -4.85. The highest BCUT2D eigenvalue weighted by Gasteiger charge is 2.32. The van der Waals surface area contributed by atoms with Crippen molar-refractivity contribution in [3.05, 3.63) is 58.9 Å². The van der Waals surface area contributed by atoms with E-state index < -0.39 is 25.6 Å². The molecule has 2 aromatic carbocycles. The molecule has 5 N–H and O–H groups in total. The third-order valence-corrected chi connectivity index (χ3v) is 8.31. The van der Waals surface area contributed by atoms with Crippen LogP contribution in [0.4, 0.5) is 5.82 Å². The molecule has 3 heterocycles. The smallest absolute Gasteiger partial charge is 0.404 e. The standard InChI is InChI=1S/C32H37N6O9P/c1-3-4-6-25-36-30-31(37(25)18-21-10-12-24(19(2)15-21)47-48(43,44)45)22-11-9-20(16-23(22)35-32(30)33)17-34-26(39)7-5-8-29(42)46-38-27(40)13-14-28(38)41/h9-12,15-16H,3-8,13-14,17-18H2,1-2H3,(H2,33,35)(H,34,39)(H2,43,44,45). The number of phosphoric acid groups is 1. The van der Waals surface area contributed by atoms with Crippen LogP contribution in [0.25, 0.3) is 21.9 Å². The van der Waals surface area contributed by atoms with Gasteiger partial charge in [0.05, 0.1) is 11.0 Å². The van der Waals surface area contributed by atoms with Crippen LogP contribution < -0.4 is 15.6 Å². The topological polar surface area (TPSA) is 216 Å². The first-order chi connectivity index (χ1) is 22.8. The molecule has 0 saturated carbocycles.